The molecule has 0 radical (unpaired) electrons. The number of H-pyrrole nitrogens is 2. The van der Waals surface area contributed by atoms with E-state index >= 15 is 0 Å². The summed E-state index contributed by atoms with van der Waals surface area (Å²) in [6, 6.07) is 13.0. The monoisotopic (exact) mass is 590 g/mol. The second-order valence-electron chi connectivity index (χ2n) is 11.9. The molecule has 0 atom stereocenters. The maximum absolute atomic E-state index is 14.7. The van der Waals surface area contributed by atoms with E-state index in [0.29, 0.717) is 29.1 Å². The van der Waals surface area contributed by atoms with E-state index < -0.39 is 0 Å². The number of aromatic nitrogens is 6. The minimum atomic E-state index is -0.279. The summed E-state index contributed by atoms with van der Waals surface area (Å²) in [5.74, 6) is 0.527. The van der Waals surface area contributed by atoms with Crippen molar-refractivity contribution in [2.75, 3.05) is 26.0 Å². The van der Waals surface area contributed by atoms with Gasteiger partial charge in [0.2, 0.25) is 5.91 Å². The predicted octanol–water partition coefficient (Wildman–Crippen LogP) is 6.85. The number of aromatic amines is 2. The Kier molecular flexibility index (Phi) is 8.17. The van der Waals surface area contributed by atoms with Crippen LogP contribution < -0.4 is 5.32 Å². The zero-order valence-electron chi connectivity index (χ0n) is 25.3. The zero-order chi connectivity index (χ0) is 30.8. The molecule has 6 aromatic rings. The number of anilines is 1. The molecule has 0 saturated heterocycles. The van der Waals surface area contributed by atoms with E-state index in [1.54, 1.807) is 30.9 Å². The zero-order valence-corrected chi connectivity index (χ0v) is 25.3. The van der Waals surface area contributed by atoms with E-state index in [4.69, 9.17) is 4.98 Å². The molecule has 0 saturated carbocycles. The van der Waals surface area contributed by atoms with Crippen molar-refractivity contribution in [2.24, 2.45) is 5.92 Å². The number of hydrogen-bond acceptors (Lipinski definition) is 6. The molecule has 224 valence electrons. The second-order valence-corrected chi connectivity index (χ2v) is 11.9. The van der Waals surface area contributed by atoms with Crippen molar-refractivity contribution in [3.8, 4) is 33.8 Å². The maximum atomic E-state index is 14.7. The summed E-state index contributed by atoms with van der Waals surface area (Å²) < 4.78 is 14.7. The number of benzene rings is 2. The lowest BCUT2D eigenvalue weighted by Crippen LogP contribution is -2.13. The van der Waals surface area contributed by atoms with Crippen LogP contribution in [0.2, 0.25) is 0 Å². The molecule has 4 aromatic heterocycles. The lowest BCUT2D eigenvalue weighted by molar-refractivity contribution is -0.116. The van der Waals surface area contributed by atoms with Crippen LogP contribution in [0.15, 0.2) is 67.3 Å². The summed E-state index contributed by atoms with van der Waals surface area (Å²) in [5, 5.41) is 11.5. The third-order valence-corrected chi connectivity index (χ3v) is 7.47. The fourth-order valence-electron chi connectivity index (χ4n) is 5.43. The van der Waals surface area contributed by atoms with Gasteiger partial charge in [0.25, 0.3) is 0 Å². The van der Waals surface area contributed by atoms with Gasteiger partial charge in [-0.05, 0) is 86.4 Å². The van der Waals surface area contributed by atoms with E-state index in [9.17, 15) is 9.18 Å². The van der Waals surface area contributed by atoms with E-state index in [1.807, 2.05) is 58.3 Å². The van der Waals surface area contributed by atoms with Gasteiger partial charge in [0.05, 0.1) is 34.6 Å². The lowest BCUT2D eigenvalue weighted by atomic mass is 10.0. The SMILES string of the molecule is CC(C)CC(=O)Nc1cncc(-c2ccc3[nH]nc(-c4nc5c(-c6cc(F)cc(CCCN(C)C)c6)cncc5[nH]4)c3c2)c1. The fraction of sp³-hybridized carbons (Fsp3) is 0.265. The molecular weight excluding hydrogens is 555 g/mol. The highest BCUT2D eigenvalue weighted by Gasteiger charge is 2.17. The number of carbonyl (C=O) groups is 1. The van der Waals surface area contributed by atoms with E-state index in [-0.39, 0.29) is 17.6 Å². The predicted molar refractivity (Wildman–Crippen MR) is 173 cm³/mol. The number of pyridine rings is 2. The highest BCUT2D eigenvalue weighted by atomic mass is 19.1. The molecule has 0 fully saturated rings. The molecular formula is C34H35FN8O. The van der Waals surface area contributed by atoms with Crippen LogP contribution in [-0.2, 0) is 11.2 Å². The number of halogens is 1. The molecule has 4 heterocycles. The van der Waals surface area contributed by atoms with Crippen molar-refractivity contribution in [3.63, 3.8) is 0 Å². The summed E-state index contributed by atoms with van der Waals surface area (Å²) in [5.41, 5.74) is 7.81. The molecule has 3 N–H and O–H groups in total. The molecule has 0 unspecified atom stereocenters. The van der Waals surface area contributed by atoms with Gasteiger partial charge in [-0.3, -0.25) is 19.9 Å². The van der Waals surface area contributed by atoms with Crippen molar-refractivity contribution < 1.29 is 9.18 Å². The summed E-state index contributed by atoms with van der Waals surface area (Å²) >= 11 is 0. The van der Waals surface area contributed by atoms with Gasteiger partial charge in [0.15, 0.2) is 5.82 Å². The molecule has 0 bridgehead atoms. The average molecular weight is 591 g/mol. The van der Waals surface area contributed by atoms with Gasteiger partial charge in [0.1, 0.15) is 11.5 Å². The van der Waals surface area contributed by atoms with Crippen molar-refractivity contribution >= 4 is 33.5 Å². The average Bonchev–Trinajstić information content (AvgIpc) is 3.60. The second kappa shape index (κ2) is 12.3. The number of carbonyl (C=O) groups excluding carboxylic acids is 1. The van der Waals surface area contributed by atoms with Crippen molar-refractivity contribution in [3.05, 3.63) is 78.6 Å². The molecule has 0 spiro atoms. The lowest BCUT2D eigenvalue weighted by Gasteiger charge is -2.10. The molecule has 1 amide bonds. The number of nitrogens with zero attached hydrogens (tertiary/aromatic N) is 5. The molecule has 0 aliphatic rings. The van der Waals surface area contributed by atoms with Crippen LogP contribution in [0.5, 0.6) is 0 Å². The largest absolute Gasteiger partial charge is 0.335 e. The Morgan fingerprint density at radius 3 is 2.61 bits per heavy atom. The normalized spacial score (nSPS) is 11.7. The topological polar surface area (TPSA) is 115 Å². The van der Waals surface area contributed by atoms with Gasteiger partial charge >= 0.3 is 0 Å². The highest BCUT2D eigenvalue weighted by Crippen LogP contribution is 2.33. The van der Waals surface area contributed by atoms with Crippen LogP contribution in [0.25, 0.3) is 55.7 Å². The first-order chi connectivity index (χ1) is 21.2. The molecule has 0 aliphatic heterocycles. The first-order valence-electron chi connectivity index (χ1n) is 14.8. The van der Waals surface area contributed by atoms with Gasteiger partial charge in [0, 0.05) is 35.3 Å². The van der Waals surface area contributed by atoms with Crippen LogP contribution in [-0.4, -0.2) is 61.6 Å². The third-order valence-electron chi connectivity index (χ3n) is 7.47. The van der Waals surface area contributed by atoms with Gasteiger partial charge < -0.3 is 15.2 Å². The van der Waals surface area contributed by atoms with Gasteiger partial charge in [-0.15, -0.1) is 0 Å². The van der Waals surface area contributed by atoms with Crippen molar-refractivity contribution in [1.29, 1.82) is 0 Å². The molecule has 6 rings (SSSR count). The van der Waals surface area contributed by atoms with E-state index in [0.717, 1.165) is 63.6 Å². The van der Waals surface area contributed by atoms with Crippen LogP contribution >= 0.6 is 0 Å². The Balaban J connectivity index is 1.33. The van der Waals surface area contributed by atoms with Crippen LogP contribution in [0.1, 0.15) is 32.3 Å². The van der Waals surface area contributed by atoms with Gasteiger partial charge in [-0.2, -0.15) is 5.10 Å². The number of hydrogen-bond donors (Lipinski definition) is 3. The fourth-order valence-corrected chi connectivity index (χ4v) is 5.43. The van der Waals surface area contributed by atoms with Crippen molar-refractivity contribution in [2.45, 2.75) is 33.1 Å². The number of aryl methyl sites for hydroxylation is 1. The number of amides is 1. The number of imidazole rings is 1. The van der Waals surface area contributed by atoms with Gasteiger partial charge in [-0.25, -0.2) is 9.37 Å². The highest BCUT2D eigenvalue weighted by molar-refractivity contribution is 5.98. The molecule has 2 aromatic carbocycles. The third kappa shape index (κ3) is 6.35. The van der Waals surface area contributed by atoms with Crippen LogP contribution in [0, 0.1) is 11.7 Å². The van der Waals surface area contributed by atoms with Crippen LogP contribution in [0.3, 0.4) is 0 Å². The minimum Gasteiger partial charge on any atom is -0.335 e. The Morgan fingerprint density at radius 2 is 1.80 bits per heavy atom. The Hall–Kier alpha value is -4.96. The van der Waals surface area contributed by atoms with Crippen molar-refractivity contribution in [1.82, 2.24) is 35.0 Å². The maximum Gasteiger partial charge on any atom is 0.224 e. The number of fused-ring (bicyclic) bond motifs is 2. The molecule has 0 aliphatic carbocycles. The molecule has 9 nitrogen and oxygen atoms in total. The Morgan fingerprint density at radius 1 is 0.955 bits per heavy atom. The number of nitrogens with one attached hydrogen (secondary N) is 3. The van der Waals surface area contributed by atoms with E-state index in [1.165, 1.54) is 6.07 Å². The Labute approximate surface area is 255 Å². The molecule has 10 heteroatoms. The van der Waals surface area contributed by atoms with Crippen LogP contribution in [0.4, 0.5) is 10.1 Å². The smallest absolute Gasteiger partial charge is 0.224 e. The summed E-state index contributed by atoms with van der Waals surface area (Å²) in [7, 11) is 4.07. The summed E-state index contributed by atoms with van der Waals surface area (Å²) in [4.78, 5) is 31.5. The quantitative estimate of drug-likeness (QED) is 0.161. The van der Waals surface area contributed by atoms with Gasteiger partial charge in [-0.1, -0.05) is 26.0 Å². The summed E-state index contributed by atoms with van der Waals surface area (Å²) in [6.45, 7) is 4.95. The number of rotatable bonds is 10. The first kappa shape index (κ1) is 29.1. The minimum absolute atomic E-state index is 0.0379. The Bertz CT molecular complexity index is 1960. The summed E-state index contributed by atoms with van der Waals surface area (Å²) in [6.07, 6.45) is 9.03. The first-order valence-corrected chi connectivity index (χ1v) is 14.8. The standard InChI is InChI=1S/C34H35FN8O/c1-20(2)10-31(44)38-26-14-24(16-36-17-26)22-7-8-29-27(15-22)33(42-41-29)34-39-30-19-37-18-28(32(30)40-34)23-11-21(12-25(35)13-23)6-5-9-43(3)4/h7-8,11-20H,5-6,9-10H2,1-4H3,(H,38,44)(H,39,40)(H,41,42). The molecule has 44 heavy (non-hydrogen) atoms. The van der Waals surface area contributed by atoms with E-state index in [2.05, 4.69) is 35.4 Å².